The van der Waals surface area contributed by atoms with Crippen LogP contribution in [-0.4, -0.2) is 61.2 Å². The Balaban J connectivity index is 1.77. The van der Waals surface area contributed by atoms with Crippen LogP contribution in [0.5, 0.6) is 5.75 Å². The summed E-state index contributed by atoms with van der Waals surface area (Å²) in [6.45, 7) is 2.92. The predicted octanol–water partition coefficient (Wildman–Crippen LogP) is 2.83. The molecule has 1 aliphatic heterocycles. The van der Waals surface area contributed by atoms with Crippen molar-refractivity contribution in [2.45, 2.75) is 25.8 Å². The zero-order valence-electron chi connectivity index (χ0n) is 18.4. The fourth-order valence-electron chi connectivity index (χ4n) is 3.56. The summed E-state index contributed by atoms with van der Waals surface area (Å²) in [5, 5.41) is 9.08. The fraction of sp³-hybridized carbons (Fsp3) is 0.375. The molecule has 0 fully saturated rings. The lowest BCUT2D eigenvalue weighted by atomic mass is 9.98. The molecule has 0 aliphatic carbocycles. The van der Waals surface area contributed by atoms with Crippen LogP contribution >= 0.6 is 0 Å². The van der Waals surface area contributed by atoms with Gasteiger partial charge in [0, 0.05) is 13.0 Å². The van der Waals surface area contributed by atoms with Crippen LogP contribution in [0.2, 0.25) is 0 Å². The first-order valence-electron chi connectivity index (χ1n) is 10.6. The van der Waals surface area contributed by atoms with Crippen molar-refractivity contribution >= 4 is 17.5 Å². The quantitative estimate of drug-likeness (QED) is 0.674. The molecule has 2 amide bonds. The Hall–Kier alpha value is -3.19. The molecule has 0 spiro atoms. The Labute approximate surface area is 183 Å². The van der Waals surface area contributed by atoms with Crippen LogP contribution in [0.15, 0.2) is 59.7 Å². The van der Waals surface area contributed by atoms with Crippen LogP contribution in [-0.2, 0) is 9.59 Å². The van der Waals surface area contributed by atoms with E-state index >= 15 is 0 Å². The zero-order valence-corrected chi connectivity index (χ0v) is 18.4. The van der Waals surface area contributed by atoms with Crippen LogP contribution in [0.3, 0.4) is 0 Å². The summed E-state index contributed by atoms with van der Waals surface area (Å²) >= 11 is 0. The summed E-state index contributed by atoms with van der Waals surface area (Å²) in [7, 11) is 3.40. The number of likely N-dealkylation sites (N-methyl/N-ethyl adjacent to an activating group) is 1. The Morgan fingerprint density at radius 3 is 2.48 bits per heavy atom. The van der Waals surface area contributed by atoms with E-state index in [2.05, 4.69) is 10.4 Å². The van der Waals surface area contributed by atoms with Crippen molar-refractivity contribution in [3.05, 3.63) is 65.7 Å². The third-order valence-corrected chi connectivity index (χ3v) is 5.16. The number of nitrogens with one attached hydrogen (secondary N) is 1. The summed E-state index contributed by atoms with van der Waals surface area (Å²) in [4.78, 5) is 26.9. The summed E-state index contributed by atoms with van der Waals surface area (Å²) in [5.41, 5.74) is 2.87. The first-order chi connectivity index (χ1) is 15.0. The number of hydrogen-bond acceptors (Lipinski definition) is 5. The van der Waals surface area contributed by atoms with E-state index < -0.39 is 0 Å². The monoisotopic (exact) mass is 422 g/mol. The highest BCUT2D eigenvalue weighted by molar-refractivity contribution is 6.03. The van der Waals surface area contributed by atoms with Gasteiger partial charge in [-0.1, -0.05) is 49.4 Å². The van der Waals surface area contributed by atoms with Crippen LogP contribution < -0.4 is 10.1 Å². The van der Waals surface area contributed by atoms with Crippen molar-refractivity contribution in [1.29, 1.82) is 0 Å². The molecule has 3 rings (SSSR count). The number of hydrazone groups is 1. The zero-order chi connectivity index (χ0) is 22.2. The molecule has 7 heteroatoms. The molecule has 0 unspecified atom stereocenters. The van der Waals surface area contributed by atoms with Crippen molar-refractivity contribution in [2.24, 2.45) is 5.10 Å². The van der Waals surface area contributed by atoms with E-state index in [1.165, 1.54) is 0 Å². The standard InChI is InChI=1S/C24H30N4O3/c1-4-14-25-23(29)16-27(2)17-24(30)28-22(19-10-12-20(31-3)13-11-19)15-21(26-28)18-8-6-5-7-9-18/h5-13,22H,4,14-17H2,1-3H3,(H,25,29)/t22-/m0/s1. The third kappa shape index (κ3) is 5.92. The Kier molecular flexibility index (Phi) is 7.78. The SMILES string of the molecule is CCCNC(=O)CN(C)CC(=O)N1N=C(c2ccccc2)C[C@H]1c1ccc(OC)cc1. The van der Waals surface area contributed by atoms with Gasteiger partial charge in [-0.3, -0.25) is 14.5 Å². The second-order valence-corrected chi connectivity index (χ2v) is 7.67. The minimum atomic E-state index is -0.198. The van der Waals surface area contributed by atoms with Crippen molar-refractivity contribution in [3.63, 3.8) is 0 Å². The fourth-order valence-corrected chi connectivity index (χ4v) is 3.56. The van der Waals surface area contributed by atoms with Gasteiger partial charge in [0.05, 0.1) is 32.0 Å². The molecule has 1 aliphatic rings. The van der Waals surface area contributed by atoms with Gasteiger partial charge in [-0.05, 0) is 36.7 Å². The molecule has 2 aromatic rings. The second-order valence-electron chi connectivity index (χ2n) is 7.67. The van der Waals surface area contributed by atoms with Crippen molar-refractivity contribution in [3.8, 4) is 5.75 Å². The summed E-state index contributed by atoms with van der Waals surface area (Å²) < 4.78 is 5.26. The molecule has 164 valence electrons. The highest BCUT2D eigenvalue weighted by Crippen LogP contribution is 2.33. The van der Waals surface area contributed by atoms with Gasteiger partial charge in [0.2, 0.25) is 5.91 Å². The van der Waals surface area contributed by atoms with Gasteiger partial charge in [0.15, 0.2) is 0 Å². The number of amides is 2. The number of carbonyl (C=O) groups excluding carboxylic acids is 2. The summed E-state index contributed by atoms with van der Waals surface area (Å²) in [6.07, 6.45) is 1.51. The first-order valence-corrected chi connectivity index (χ1v) is 10.6. The molecule has 2 aromatic carbocycles. The number of methoxy groups -OCH3 is 1. The molecule has 1 atom stereocenters. The summed E-state index contributed by atoms with van der Waals surface area (Å²) in [5.74, 6) is 0.540. The molecule has 0 saturated carbocycles. The minimum absolute atomic E-state index is 0.0845. The molecule has 0 bridgehead atoms. The minimum Gasteiger partial charge on any atom is -0.497 e. The molecule has 0 aromatic heterocycles. The molecular weight excluding hydrogens is 392 g/mol. The third-order valence-electron chi connectivity index (χ3n) is 5.16. The van der Waals surface area contributed by atoms with Gasteiger partial charge in [0.1, 0.15) is 5.75 Å². The van der Waals surface area contributed by atoms with Gasteiger partial charge in [-0.2, -0.15) is 5.10 Å². The van der Waals surface area contributed by atoms with Crippen molar-refractivity contribution in [1.82, 2.24) is 15.2 Å². The number of benzene rings is 2. The molecule has 31 heavy (non-hydrogen) atoms. The average molecular weight is 423 g/mol. The molecule has 1 N–H and O–H groups in total. The van der Waals surface area contributed by atoms with Gasteiger partial charge in [0.25, 0.3) is 5.91 Å². The van der Waals surface area contributed by atoms with Crippen LogP contribution in [0.1, 0.15) is 36.9 Å². The number of rotatable bonds is 9. The van der Waals surface area contributed by atoms with E-state index in [0.717, 1.165) is 29.0 Å². The van der Waals surface area contributed by atoms with E-state index in [0.29, 0.717) is 13.0 Å². The average Bonchev–Trinajstić information content (AvgIpc) is 3.24. The molecular formula is C24H30N4O3. The van der Waals surface area contributed by atoms with E-state index in [1.54, 1.807) is 24.1 Å². The van der Waals surface area contributed by atoms with Crippen molar-refractivity contribution in [2.75, 3.05) is 33.8 Å². The van der Waals surface area contributed by atoms with E-state index in [9.17, 15) is 9.59 Å². The van der Waals surface area contributed by atoms with E-state index in [-0.39, 0.29) is 30.9 Å². The molecule has 0 radical (unpaired) electrons. The lowest BCUT2D eigenvalue weighted by Gasteiger charge is -2.24. The lowest BCUT2D eigenvalue weighted by Crippen LogP contribution is -2.41. The van der Waals surface area contributed by atoms with Gasteiger partial charge in [-0.15, -0.1) is 0 Å². The first kappa shape index (κ1) is 22.5. The number of ether oxygens (including phenoxy) is 1. The molecule has 7 nitrogen and oxygen atoms in total. The van der Waals surface area contributed by atoms with Crippen molar-refractivity contribution < 1.29 is 14.3 Å². The molecule has 1 heterocycles. The second kappa shape index (κ2) is 10.7. The maximum absolute atomic E-state index is 13.2. The van der Waals surface area contributed by atoms with Crippen LogP contribution in [0.25, 0.3) is 0 Å². The summed E-state index contributed by atoms with van der Waals surface area (Å²) in [6, 6.07) is 17.4. The number of nitrogens with zero attached hydrogens (tertiary/aromatic N) is 3. The largest absolute Gasteiger partial charge is 0.497 e. The lowest BCUT2D eigenvalue weighted by molar-refractivity contribution is -0.134. The van der Waals surface area contributed by atoms with Crippen LogP contribution in [0.4, 0.5) is 0 Å². The highest BCUT2D eigenvalue weighted by atomic mass is 16.5. The Bertz CT molecular complexity index is 912. The van der Waals surface area contributed by atoms with Crippen LogP contribution in [0, 0.1) is 0 Å². The van der Waals surface area contributed by atoms with Gasteiger partial charge >= 0.3 is 0 Å². The Morgan fingerprint density at radius 1 is 1.13 bits per heavy atom. The van der Waals surface area contributed by atoms with E-state index in [1.807, 2.05) is 61.5 Å². The molecule has 0 saturated heterocycles. The Morgan fingerprint density at radius 2 is 1.84 bits per heavy atom. The van der Waals surface area contributed by atoms with Gasteiger partial charge in [-0.25, -0.2) is 5.01 Å². The predicted molar refractivity (Wildman–Crippen MR) is 121 cm³/mol. The normalized spacial score (nSPS) is 15.7. The van der Waals surface area contributed by atoms with Gasteiger partial charge < -0.3 is 10.1 Å². The van der Waals surface area contributed by atoms with E-state index in [4.69, 9.17) is 4.74 Å². The maximum Gasteiger partial charge on any atom is 0.257 e. The maximum atomic E-state index is 13.2. The topological polar surface area (TPSA) is 74.2 Å². The smallest absolute Gasteiger partial charge is 0.257 e. The number of hydrogen-bond donors (Lipinski definition) is 1. The number of carbonyl (C=O) groups is 2. The highest BCUT2D eigenvalue weighted by Gasteiger charge is 2.33.